The molecule has 0 radical (unpaired) electrons. The highest BCUT2D eigenvalue weighted by Gasteiger charge is 2.13. The molecule has 132 valence electrons. The summed E-state index contributed by atoms with van der Waals surface area (Å²) in [6.07, 6.45) is 6.91. The summed E-state index contributed by atoms with van der Waals surface area (Å²) in [5, 5.41) is 6.83. The van der Waals surface area contributed by atoms with Crippen molar-refractivity contribution in [1.29, 1.82) is 0 Å². The second-order valence-electron chi connectivity index (χ2n) is 6.55. The van der Waals surface area contributed by atoms with Crippen LogP contribution in [0.5, 0.6) is 0 Å². The lowest BCUT2D eigenvalue weighted by Gasteiger charge is -2.08. The molecule has 1 heterocycles. The van der Waals surface area contributed by atoms with Gasteiger partial charge in [-0.25, -0.2) is 9.07 Å². The summed E-state index contributed by atoms with van der Waals surface area (Å²) in [6, 6.07) is 6.84. The topological polar surface area (TPSA) is 29.6 Å². The molecule has 3 nitrogen and oxygen atoms in total. The van der Waals surface area contributed by atoms with Gasteiger partial charge in [0, 0.05) is 16.7 Å². The molecule has 1 aromatic carbocycles. The number of nitrogens with zero attached hydrogens (tertiary/aromatic N) is 3. The minimum Gasteiger partial charge on any atom is -0.253 e. The number of benzene rings is 1. The lowest BCUT2D eigenvalue weighted by molar-refractivity contribution is 0.629. The molecule has 0 N–H and O–H groups in total. The third-order valence-electron chi connectivity index (χ3n) is 4.24. The molecule has 0 saturated heterocycles. The number of aromatic nitrogens is 1. The van der Waals surface area contributed by atoms with Gasteiger partial charge in [-0.15, -0.1) is 11.3 Å². The van der Waals surface area contributed by atoms with Gasteiger partial charge in [0.2, 0.25) is 4.80 Å². The Kier molecular flexibility index (Phi) is 5.97. The summed E-state index contributed by atoms with van der Waals surface area (Å²) in [5.74, 6) is -0.235. The molecule has 0 bridgehead atoms. The van der Waals surface area contributed by atoms with E-state index in [-0.39, 0.29) is 5.82 Å². The summed E-state index contributed by atoms with van der Waals surface area (Å²) in [6.45, 7) is 6.43. The van der Waals surface area contributed by atoms with Crippen molar-refractivity contribution in [2.45, 2.75) is 45.4 Å². The van der Waals surface area contributed by atoms with Gasteiger partial charge in [-0.1, -0.05) is 37.1 Å². The van der Waals surface area contributed by atoms with E-state index in [1.54, 1.807) is 12.1 Å². The molecular weight excluding hydrogens is 333 g/mol. The van der Waals surface area contributed by atoms with E-state index in [1.165, 1.54) is 48.8 Å². The molecule has 0 amide bonds. The van der Waals surface area contributed by atoms with Gasteiger partial charge in [-0.2, -0.15) is 5.10 Å². The normalized spacial score (nSPS) is 15.9. The van der Waals surface area contributed by atoms with E-state index >= 15 is 0 Å². The van der Waals surface area contributed by atoms with E-state index in [2.05, 4.69) is 11.6 Å². The van der Waals surface area contributed by atoms with E-state index in [1.807, 2.05) is 23.0 Å². The lowest BCUT2D eigenvalue weighted by atomic mass is 10.1. The van der Waals surface area contributed by atoms with Crippen LogP contribution in [0.25, 0.3) is 11.3 Å². The van der Waals surface area contributed by atoms with Crippen molar-refractivity contribution in [3.05, 3.63) is 52.4 Å². The van der Waals surface area contributed by atoms with Crippen molar-refractivity contribution in [3.63, 3.8) is 0 Å². The fraction of sp³-hybridized carbons (Fsp3) is 0.400. The zero-order valence-electron chi connectivity index (χ0n) is 14.7. The smallest absolute Gasteiger partial charge is 0.206 e. The number of halogens is 1. The molecule has 1 aliphatic rings. The Labute approximate surface area is 152 Å². The summed E-state index contributed by atoms with van der Waals surface area (Å²) in [5.41, 5.74) is 3.51. The molecule has 1 aliphatic carbocycles. The van der Waals surface area contributed by atoms with Gasteiger partial charge >= 0.3 is 0 Å². The first-order valence-electron chi connectivity index (χ1n) is 8.82. The van der Waals surface area contributed by atoms with Crippen LogP contribution in [0.2, 0.25) is 0 Å². The van der Waals surface area contributed by atoms with Crippen LogP contribution in [0.3, 0.4) is 0 Å². The van der Waals surface area contributed by atoms with Crippen LogP contribution in [0.4, 0.5) is 4.39 Å². The largest absolute Gasteiger partial charge is 0.253 e. The monoisotopic (exact) mass is 357 g/mol. The van der Waals surface area contributed by atoms with Gasteiger partial charge in [0.05, 0.1) is 12.2 Å². The predicted molar refractivity (Wildman–Crippen MR) is 103 cm³/mol. The van der Waals surface area contributed by atoms with E-state index in [4.69, 9.17) is 5.10 Å². The third kappa shape index (κ3) is 4.54. The first kappa shape index (κ1) is 17.8. The molecule has 0 aliphatic heterocycles. The molecule has 0 atom stereocenters. The second kappa shape index (κ2) is 8.39. The van der Waals surface area contributed by atoms with E-state index in [9.17, 15) is 4.39 Å². The fourth-order valence-corrected chi connectivity index (χ4v) is 3.76. The van der Waals surface area contributed by atoms with Crippen molar-refractivity contribution in [1.82, 2.24) is 4.68 Å². The molecule has 0 unspecified atom stereocenters. The van der Waals surface area contributed by atoms with Crippen molar-refractivity contribution >= 4 is 17.0 Å². The van der Waals surface area contributed by atoms with Gasteiger partial charge in [-0.3, -0.25) is 4.99 Å². The summed E-state index contributed by atoms with van der Waals surface area (Å²) < 4.78 is 16.1. The minimum absolute atomic E-state index is 0.235. The Morgan fingerprint density at radius 2 is 1.92 bits per heavy atom. The number of hydrogen-bond acceptors (Lipinski definition) is 3. The molecule has 1 fully saturated rings. The Morgan fingerprint density at radius 3 is 2.60 bits per heavy atom. The minimum atomic E-state index is -0.235. The second-order valence-corrected chi connectivity index (χ2v) is 7.39. The highest BCUT2D eigenvalue weighted by Crippen LogP contribution is 2.24. The van der Waals surface area contributed by atoms with Crippen molar-refractivity contribution in [3.8, 4) is 11.3 Å². The average molecular weight is 357 g/mol. The van der Waals surface area contributed by atoms with Gasteiger partial charge < -0.3 is 0 Å². The lowest BCUT2D eigenvalue weighted by Crippen LogP contribution is -2.15. The quantitative estimate of drug-likeness (QED) is 0.519. The van der Waals surface area contributed by atoms with Gasteiger partial charge in [0.1, 0.15) is 5.82 Å². The SMILES string of the molecule is C=C(C)CN=c1scc(-c2ccccc2F)n1N=C1CCCCCC1. The Morgan fingerprint density at radius 1 is 1.20 bits per heavy atom. The molecule has 1 aromatic heterocycles. The molecule has 0 spiro atoms. The van der Waals surface area contributed by atoms with Crippen LogP contribution < -0.4 is 4.80 Å². The number of rotatable bonds is 4. The summed E-state index contributed by atoms with van der Waals surface area (Å²) >= 11 is 1.50. The average Bonchev–Trinajstić information content (AvgIpc) is 2.79. The van der Waals surface area contributed by atoms with Crippen LogP contribution in [0.1, 0.15) is 45.4 Å². The van der Waals surface area contributed by atoms with Crippen molar-refractivity contribution in [2.75, 3.05) is 6.54 Å². The zero-order chi connectivity index (χ0) is 17.6. The van der Waals surface area contributed by atoms with Crippen LogP contribution in [-0.2, 0) is 0 Å². The Balaban J connectivity index is 2.10. The Bertz CT molecular complexity index is 835. The summed E-state index contributed by atoms with van der Waals surface area (Å²) in [4.78, 5) is 5.41. The highest BCUT2D eigenvalue weighted by molar-refractivity contribution is 7.07. The standard InChI is InChI=1S/C20H24FN3S/c1-15(2)13-22-20-24(23-16-9-5-3-4-6-10-16)19(14-25-20)17-11-7-8-12-18(17)21/h7-8,11-12,14H,1,3-6,9-10,13H2,2H3. The van der Waals surface area contributed by atoms with Crippen LogP contribution in [0.15, 0.2) is 51.9 Å². The maximum absolute atomic E-state index is 14.3. The highest BCUT2D eigenvalue weighted by atomic mass is 32.1. The van der Waals surface area contributed by atoms with E-state index < -0.39 is 0 Å². The zero-order valence-corrected chi connectivity index (χ0v) is 15.5. The first-order chi connectivity index (χ1) is 12.1. The molecule has 3 rings (SSSR count). The van der Waals surface area contributed by atoms with Gasteiger partial charge in [-0.05, 0) is 44.7 Å². The summed E-state index contributed by atoms with van der Waals surface area (Å²) in [7, 11) is 0. The molecule has 25 heavy (non-hydrogen) atoms. The van der Waals surface area contributed by atoms with Crippen LogP contribution in [0, 0.1) is 5.82 Å². The van der Waals surface area contributed by atoms with Gasteiger partial charge in [0.25, 0.3) is 0 Å². The van der Waals surface area contributed by atoms with Gasteiger partial charge in [0.15, 0.2) is 0 Å². The molecule has 1 saturated carbocycles. The maximum atomic E-state index is 14.3. The van der Waals surface area contributed by atoms with Crippen LogP contribution >= 0.6 is 11.3 Å². The van der Waals surface area contributed by atoms with E-state index in [0.29, 0.717) is 12.1 Å². The first-order valence-corrected chi connectivity index (χ1v) is 9.70. The van der Waals surface area contributed by atoms with Crippen molar-refractivity contribution < 1.29 is 4.39 Å². The van der Waals surface area contributed by atoms with E-state index in [0.717, 1.165) is 28.9 Å². The number of thiazole rings is 1. The fourth-order valence-electron chi connectivity index (χ4n) is 2.94. The molecule has 5 heteroatoms. The van der Waals surface area contributed by atoms with Crippen molar-refractivity contribution in [2.24, 2.45) is 10.1 Å². The van der Waals surface area contributed by atoms with Crippen LogP contribution in [-0.4, -0.2) is 16.9 Å². The predicted octanol–water partition coefficient (Wildman–Crippen LogP) is 5.39. The maximum Gasteiger partial charge on any atom is 0.206 e. The Hall–Kier alpha value is -2.01. The number of hydrogen-bond donors (Lipinski definition) is 0. The molecular formula is C20H24FN3S. The molecule has 2 aromatic rings. The third-order valence-corrected chi connectivity index (χ3v) is 5.10.